The summed E-state index contributed by atoms with van der Waals surface area (Å²) in [5, 5.41) is 13.0. The van der Waals surface area contributed by atoms with Gasteiger partial charge < -0.3 is 15.2 Å². The Labute approximate surface area is 161 Å². The number of hydrogen-bond acceptors (Lipinski definition) is 6. The van der Waals surface area contributed by atoms with E-state index in [1.54, 1.807) is 40.0 Å². The zero-order chi connectivity index (χ0) is 20.7. The van der Waals surface area contributed by atoms with E-state index in [0.717, 1.165) is 4.57 Å². The molecule has 28 heavy (non-hydrogen) atoms. The molecular formula is C20H23N3O5. The van der Waals surface area contributed by atoms with E-state index in [4.69, 9.17) is 4.74 Å². The third kappa shape index (κ3) is 3.11. The van der Waals surface area contributed by atoms with Crippen molar-refractivity contribution in [3.05, 3.63) is 67.5 Å². The van der Waals surface area contributed by atoms with Crippen molar-refractivity contribution in [2.75, 3.05) is 5.32 Å². The van der Waals surface area contributed by atoms with Gasteiger partial charge in [0.05, 0.1) is 23.2 Å². The van der Waals surface area contributed by atoms with Crippen LogP contribution in [-0.4, -0.2) is 26.3 Å². The van der Waals surface area contributed by atoms with Gasteiger partial charge in [-0.25, -0.2) is 9.59 Å². The Morgan fingerprint density at radius 3 is 2.50 bits per heavy atom. The molecule has 3 rings (SSSR count). The van der Waals surface area contributed by atoms with Gasteiger partial charge in [0, 0.05) is 19.8 Å². The maximum absolute atomic E-state index is 13.0. The normalized spacial score (nSPS) is 16.0. The lowest BCUT2D eigenvalue weighted by Gasteiger charge is -2.31. The van der Waals surface area contributed by atoms with Gasteiger partial charge in [0.25, 0.3) is 5.56 Å². The second-order valence-corrected chi connectivity index (χ2v) is 7.11. The number of phenolic OH excluding ortho intramolecular Hbond substituents is 1. The van der Waals surface area contributed by atoms with Gasteiger partial charge in [0.15, 0.2) is 0 Å². The summed E-state index contributed by atoms with van der Waals surface area (Å²) in [4.78, 5) is 38.3. The maximum Gasteiger partial charge on any atom is 0.337 e. The highest BCUT2D eigenvalue weighted by molar-refractivity contribution is 5.94. The number of allylic oxidation sites excluding steroid dienone is 1. The van der Waals surface area contributed by atoms with E-state index in [2.05, 4.69) is 5.32 Å². The summed E-state index contributed by atoms with van der Waals surface area (Å²) in [6.07, 6.45) is -0.345. The molecule has 1 unspecified atom stereocenters. The van der Waals surface area contributed by atoms with Crippen molar-refractivity contribution in [3.63, 3.8) is 0 Å². The second kappa shape index (κ2) is 7.03. The van der Waals surface area contributed by atoms with Crippen LogP contribution in [0.5, 0.6) is 5.75 Å². The number of nitrogens with zero attached hydrogens (tertiary/aromatic N) is 2. The molecule has 1 aliphatic heterocycles. The quantitative estimate of drug-likeness (QED) is 0.778. The molecule has 0 spiro atoms. The number of ether oxygens (including phenoxy) is 1. The monoisotopic (exact) mass is 385 g/mol. The van der Waals surface area contributed by atoms with E-state index in [1.807, 2.05) is 0 Å². The highest BCUT2D eigenvalue weighted by Crippen LogP contribution is 2.40. The van der Waals surface area contributed by atoms with Crippen LogP contribution in [0.1, 0.15) is 37.8 Å². The van der Waals surface area contributed by atoms with Crippen LogP contribution in [0.25, 0.3) is 0 Å². The lowest BCUT2D eigenvalue weighted by Crippen LogP contribution is -2.43. The van der Waals surface area contributed by atoms with Crippen LogP contribution in [0.3, 0.4) is 0 Å². The topological polar surface area (TPSA) is 103 Å². The number of aromatic nitrogens is 2. The summed E-state index contributed by atoms with van der Waals surface area (Å²) in [6, 6.07) is 6.37. The van der Waals surface area contributed by atoms with Crippen LogP contribution in [0.4, 0.5) is 5.82 Å². The molecule has 0 bridgehead atoms. The highest BCUT2D eigenvalue weighted by atomic mass is 16.5. The Bertz CT molecular complexity index is 1110. The van der Waals surface area contributed by atoms with Crippen LogP contribution in [-0.2, 0) is 23.6 Å². The van der Waals surface area contributed by atoms with Crippen molar-refractivity contribution in [1.29, 1.82) is 0 Å². The summed E-state index contributed by atoms with van der Waals surface area (Å²) < 4.78 is 7.74. The first-order valence-electron chi connectivity index (χ1n) is 8.91. The molecule has 8 heteroatoms. The number of carbonyl (C=O) groups is 1. The number of rotatable bonds is 3. The Hall–Kier alpha value is -3.29. The number of nitrogens with one attached hydrogen (secondary N) is 1. The fourth-order valence-electron chi connectivity index (χ4n) is 3.47. The first kappa shape index (κ1) is 19.5. The number of benzene rings is 1. The molecule has 1 atom stereocenters. The molecule has 2 aromatic rings. The third-order valence-corrected chi connectivity index (χ3v) is 4.75. The van der Waals surface area contributed by atoms with Gasteiger partial charge >= 0.3 is 11.7 Å². The van der Waals surface area contributed by atoms with Crippen LogP contribution in [0.15, 0.2) is 45.1 Å². The molecule has 1 aliphatic rings. The van der Waals surface area contributed by atoms with Crippen molar-refractivity contribution in [2.45, 2.75) is 32.8 Å². The molecule has 148 valence electrons. The van der Waals surface area contributed by atoms with Crippen LogP contribution in [0.2, 0.25) is 0 Å². The standard InChI is InChI=1S/C20H23N3O5/c1-10(2)28-19(26)14-11(3)21-17-16(18(25)23(5)20(27)22(17)4)15(14)12-7-6-8-13(24)9-12/h6-10,15,21,24H,1-5H3. The Kier molecular flexibility index (Phi) is 4.89. The summed E-state index contributed by atoms with van der Waals surface area (Å²) in [5.41, 5.74) is 0.551. The molecule has 2 N–H and O–H groups in total. The van der Waals surface area contributed by atoms with Crippen molar-refractivity contribution in [2.24, 2.45) is 14.1 Å². The van der Waals surface area contributed by atoms with Gasteiger partial charge in [-0.05, 0) is 38.5 Å². The number of phenols is 1. The summed E-state index contributed by atoms with van der Waals surface area (Å²) >= 11 is 0. The van der Waals surface area contributed by atoms with E-state index in [0.29, 0.717) is 17.1 Å². The molecule has 0 saturated carbocycles. The molecule has 0 fully saturated rings. The molecule has 0 amide bonds. The maximum atomic E-state index is 13.0. The van der Waals surface area contributed by atoms with Gasteiger partial charge in [-0.3, -0.25) is 13.9 Å². The van der Waals surface area contributed by atoms with Gasteiger partial charge in [0.1, 0.15) is 11.6 Å². The Morgan fingerprint density at radius 2 is 1.89 bits per heavy atom. The van der Waals surface area contributed by atoms with Crippen molar-refractivity contribution in [3.8, 4) is 5.75 Å². The van der Waals surface area contributed by atoms with E-state index < -0.39 is 23.1 Å². The van der Waals surface area contributed by atoms with Gasteiger partial charge in [-0.1, -0.05) is 12.1 Å². The minimum absolute atomic E-state index is 0.00783. The Balaban J connectivity index is 2.37. The minimum atomic E-state index is -0.792. The number of fused-ring (bicyclic) bond motifs is 1. The molecule has 1 aromatic carbocycles. The van der Waals surface area contributed by atoms with Crippen LogP contribution >= 0.6 is 0 Å². The number of aromatic hydroxyl groups is 1. The van der Waals surface area contributed by atoms with Crippen molar-refractivity contribution < 1.29 is 14.6 Å². The number of anilines is 1. The molecule has 1 aromatic heterocycles. The fraction of sp³-hybridized carbons (Fsp3) is 0.350. The number of hydrogen-bond donors (Lipinski definition) is 2. The molecule has 0 radical (unpaired) electrons. The SMILES string of the molecule is CC1=C(C(=O)OC(C)C)C(c2cccc(O)c2)c2c(n(C)c(=O)n(C)c2=O)N1. The molecule has 0 saturated heterocycles. The summed E-state index contributed by atoms with van der Waals surface area (Å²) in [6.45, 7) is 5.17. The van der Waals surface area contributed by atoms with Crippen LogP contribution < -0.4 is 16.6 Å². The van der Waals surface area contributed by atoms with E-state index in [1.165, 1.54) is 23.7 Å². The zero-order valence-corrected chi connectivity index (χ0v) is 16.4. The fourth-order valence-corrected chi connectivity index (χ4v) is 3.47. The smallest absolute Gasteiger partial charge is 0.337 e. The number of esters is 1. The van der Waals surface area contributed by atoms with E-state index in [-0.39, 0.29) is 23.0 Å². The lowest BCUT2D eigenvalue weighted by molar-refractivity contribution is -0.143. The number of carbonyl (C=O) groups excluding carboxylic acids is 1. The highest BCUT2D eigenvalue weighted by Gasteiger charge is 2.37. The van der Waals surface area contributed by atoms with Gasteiger partial charge in [-0.2, -0.15) is 0 Å². The largest absolute Gasteiger partial charge is 0.508 e. The average Bonchev–Trinajstić information content (AvgIpc) is 2.63. The summed E-state index contributed by atoms with van der Waals surface area (Å²) in [5.74, 6) is -1.02. The van der Waals surface area contributed by atoms with Gasteiger partial charge in [-0.15, -0.1) is 0 Å². The molecule has 0 aliphatic carbocycles. The first-order chi connectivity index (χ1) is 13.1. The lowest BCUT2D eigenvalue weighted by atomic mass is 9.82. The first-order valence-corrected chi connectivity index (χ1v) is 8.91. The van der Waals surface area contributed by atoms with Crippen LogP contribution in [0, 0.1) is 0 Å². The van der Waals surface area contributed by atoms with Gasteiger partial charge in [0.2, 0.25) is 0 Å². The third-order valence-electron chi connectivity index (χ3n) is 4.75. The second-order valence-electron chi connectivity index (χ2n) is 7.11. The molecule has 8 nitrogen and oxygen atoms in total. The Morgan fingerprint density at radius 1 is 1.21 bits per heavy atom. The predicted molar refractivity (Wildman–Crippen MR) is 104 cm³/mol. The molecule has 2 heterocycles. The van der Waals surface area contributed by atoms with Crippen molar-refractivity contribution in [1.82, 2.24) is 9.13 Å². The van der Waals surface area contributed by atoms with E-state index >= 15 is 0 Å². The van der Waals surface area contributed by atoms with Crippen molar-refractivity contribution >= 4 is 11.8 Å². The minimum Gasteiger partial charge on any atom is -0.508 e. The molecular weight excluding hydrogens is 362 g/mol. The predicted octanol–water partition coefficient (Wildman–Crippen LogP) is 1.57. The zero-order valence-electron chi connectivity index (χ0n) is 16.4. The average molecular weight is 385 g/mol. The van der Waals surface area contributed by atoms with E-state index in [9.17, 15) is 19.5 Å². The summed E-state index contributed by atoms with van der Waals surface area (Å²) in [7, 11) is 2.94.